The van der Waals surface area contributed by atoms with Gasteiger partial charge in [-0.1, -0.05) is 36.9 Å². The van der Waals surface area contributed by atoms with Crippen LogP contribution < -0.4 is 4.74 Å². The third-order valence-corrected chi connectivity index (χ3v) is 3.61. The van der Waals surface area contributed by atoms with E-state index in [1.165, 1.54) is 44.6 Å². The van der Waals surface area contributed by atoms with Crippen molar-refractivity contribution in [2.45, 2.75) is 44.9 Å². The molecule has 0 amide bonds. The van der Waals surface area contributed by atoms with Crippen LogP contribution in [0, 0.1) is 0 Å². The van der Waals surface area contributed by atoms with Crippen LogP contribution in [-0.4, -0.2) is 5.97 Å². The number of rotatable bonds is 2. The van der Waals surface area contributed by atoms with E-state index < -0.39 is 0 Å². The monoisotopic (exact) mass is 252 g/mol. The van der Waals surface area contributed by atoms with Crippen LogP contribution in [0.4, 0.5) is 0 Å². The zero-order valence-electron chi connectivity index (χ0n) is 10.0. The standard InChI is InChI=1S/C14H17ClO2/c1-10(16)17-12-7-8-13(14(15)9-12)11-5-3-2-4-6-11/h7-9,11H,2-6H2,1H3. The number of halogens is 1. The summed E-state index contributed by atoms with van der Waals surface area (Å²) < 4.78 is 5.01. The van der Waals surface area contributed by atoms with Gasteiger partial charge in [0.15, 0.2) is 0 Å². The van der Waals surface area contributed by atoms with E-state index in [1.807, 2.05) is 12.1 Å². The van der Waals surface area contributed by atoms with Crippen LogP contribution in [0.25, 0.3) is 0 Å². The number of hydrogen-bond donors (Lipinski definition) is 0. The van der Waals surface area contributed by atoms with Crippen molar-refractivity contribution in [3.8, 4) is 5.75 Å². The summed E-state index contributed by atoms with van der Waals surface area (Å²) in [5.41, 5.74) is 1.20. The summed E-state index contributed by atoms with van der Waals surface area (Å²) in [5.74, 6) is 0.788. The Balaban J connectivity index is 2.15. The van der Waals surface area contributed by atoms with Crippen molar-refractivity contribution in [1.29, 1.82) is 0 Å². The van der Waals surface area contributed by atoms with Gasteiger partial charge in [0.1, 0.15) is 5.75 Å². The number of carbonyl (C=O) groups excluding carboxylic acids is 1. The normalized spacial score (nSPS) is 16.8. The minimum Gasteiger partial charge on any atom is -0.427 e. The average molecular weight is 253 g/mol. The van der Waals surface area contributed by atoms with Crippen LogP contribution in [0.15, 0.2) is 18.2 Å². The molecule has 0 spiro atoms. The first-order chi connectivity index (χ1) is 8.16. The summed E-state index contributed by atoms with van der Waals surface area (Å²) in [4.78, 5) is 10.8. The van der Waals surface area contributed by atoms with E-state index in [1.54, 1.807) is 6.07 Å². The van der Waals surface area contributed by atoms with E-state index in [0.29, 0.717) is 11.7 Å². The third-order valence-electron chi connectivity index (χ3n) is 3.28. The summed E-state index contributed by atoms with van der Waals surface area (Å²) in [6.45, 7) is 1.39. The van der Waals surface area contributed by atoms with Gasteiger partial charge in [-0.05, 0) is 36.5 Å². The van der Waals surface area contributed by atoms with Gasteiger partial charge >= 0.3 is 5.97 Å². The molecule has 0 bridgehead atoms. The van der Waals surface area contributed by atoms with E-state index in [4.69, 9.17) is 16.3 Å². The Morgan fingerprint density at radius 2 is 2.00 bits per heavy atom. The molecule has 0 aliphatic heterocycles. The second kappa shape index (κ2) is 5.54. The van der Waals surface area contributed by atoms with Crippen molar-refractivity contribution >= 4 is 17.6 Å². The van der Waals surface area contributed by atoms with Crippen LogP contribution in [0.2, 0.25) is 5.02 Å². The van der Waals surface area contributed by atoms with Crippen LogP contribution in [0.1, 0.15) is 50.5 Å². The lowest BCUT2D eigenvalue weighted by molar-refractivity contribution is -0.131. The topological polar surface area (TPSA) is 26.3 Å². The van der Waals surface area contributed by atoms with E-state index >= 15 is 0 Å². The largest absolute Gasteiger partial charge is 0.427 e. The molecule has 1 saturated carbocycles. The van der Waals surface area contributed by atoms with E-state index in [0.717, 1.165) is 5.02 Å². The molecule has 1 aliphatic carbocycles. The molecule has 2 nitrogen and oxygen atoms in total. The molecular weight excluding hydrogens is 236 g/mol. The van der Waals surface area contributed by atoms with Gasteiger partial charge in [0, 0.05) is 11.9 Å². The Kier molecular flexibility index (Phi) is 4.06. The number of carbonyl (C=O) groups is 1. The minimum absolute atomic E-state index is 0.313. The van der Waals surface area contributed by atoms with Gasteiger partial charge < -0.3 is 4.74 Å². The molecule has 1 aliphatic rings. The van der Waals surface area contributed by atoms with Gasteiger partial charge in [0.2, 0.25) is 0 Å². The molecule has 92 valence electrons. The van der Waals surface area contributed by atoms with Gasteiger partial charge in [0.25, 0.3) is 0 Å². The Labute approximate surface area is 107 Å². The molecule has 0 aromatic heterocycles. The van der Waals surface area contributed by atoms with E-state index in [9.17, 15) is 4.79 Å². The van der Waals surface area contributed by atoms with Crippen LogP contribution in [0.5, 0.6) is 5.75 Å². The first-order valence-corrected chi connectivity index (χ1v) is 6.52. The third kappa shape index (κ3) is 3.22. The highest BCUT2D eigenvalue weighted by Crippen LogP contribution is 2.37. The zero-order chi connectivity index (χ0) is 12.3. The van der Waals surface area contributed by atoms with Crippen LogP contribution >= 0.6 is 11.6 Å². The van der Waals surface area contributed by atoms with Crippen molar-refractivity contribution < 1.29 is 9.53 Å². The quantitative estimate of drug-likeness (QED) is 0.579. The van der Waals surface area contributed by atoms with Crippen molar-refractivity contribution in [1.82, 2.24) is 0 Å². The van der Waals surface area contributed by atoms with E-state index in [-0.39, 0.29) is 5.97 Å². The minimum atomic E-state index is -0.313. The van der Waals surface area contributed by atoms with Gasteiger partial charge in [0.05, 0.1) is 0 Å². The number of hydrogen-bond acceptors (Lipinski definition) is 2. The SMILES string of the molecule is CC(=O)Oc1ccc(C2CCCCC2)c(Cl)c1. The fourth-order valence-electron chi connectivity index (χ4n) is 2.48. The maximum Gasteiger partial charge on any atom is 0.308 e. The second-order valence-corrected chi connectivity index (χ2v) is 5.02. The average Bonchev–Trinajstić information content (AvgIpc) is 2.29. The van der Waals surface area contributed by atoms with E-state index in [2.05, 4.69) is 0 Å². The second-order valence-electron chi connectivity index (χ2n) is 4.61. The Morgan fingerprint density at radius 1 is 1.29 bits per heavy atom. The molecule has 1 fully saturated rings. The maximum atomic E-state index is 10.8. The van der Waals surface area contributed by atoms with Crippen molar-refractivity contribution in [2.24, 2.45) is 0 Å². The Bertz CT molecular complexity index is 409. The Morgan fingerprint density at radius 3 is 2.59 bits per heavy atom. The molecule has 2 rings (SSSR count). The molecule has 0 heterocycles. The fraction of sp³-hybridized carbons (Fsp3) is 0.500. The van der Waals surface area contributed by atoms with Crippen molar-refractivity contribution in [3.05, 3.63) is 28.8 Å². The lowest BCUT2D eigenvalue weighted by atomic mass is 9.84. The molecule has 3 heteroatoms. The molecule has 1 aromatic carbocycles. The molecular formula is C14H17ClO2. The summed E-state index contributed by atoms with van der Waals surface area (Å²) in [7, 11) is 0. The number of ether oxygens (including phenoxy) is 1. The highest BCUT2D eigenvalue weighted by molar-refractivity contribution is 6.31. The van der Waals surface area contributed by atoms with Gasteiger partial charge in [-0.15, -0.1) is 0 Å². The highest BCUT2D eigenvalue weighted by Gasteiger charge is 2.18. The summed E-state index contributed by atoms with van der Waals surface area (Å²) >= 11 is 6.25. The van der Waals surface area contributed by atoms with Gasteiger partial charge in [-0.3, -0.25) is 4.79 Å². The van der Waals surface area contributed by atoms with Gasteiger partial charge in [-0.2, -0.15) is 0 Å². The predicted octanol–water partition coefficient (Wildman–Crippen LogP) is 4.31. The molecule has 1 aromatic rings. The van der Waals surface area contributed by atoms with Crippen LogP contribution in [-0.2, 0) is 4.79 Å². The van der Waals surface area contributed by atoms with Crippen LogP contribution in [0.3, 0.4) is 0 Å². The predicted molar refractivity (Wildman–Crippen MR) is 68.6 cm³/mol. The van der Waals surface area contributed by atoms with Crippen molar-refractivity contribution in [2.75, 3.05) is 0 Å². The molecule has 0 saturated heterocycles. The summed E-state index contributed by atoms with van der Waals surface area (Å²) in [6.07, 6.45) is 6.33. The lowest BCUT2D eigenvalue weighted by Gasteiger charge is -2.23. The molecule has 0 radical (unpaired) electrons. The summed E-state index contributed by atoms with van der Waals surface area (Å²) in [5, 5.41) is 0.718. The summed E-state index contributed by atoms with van der Waals surface area (Å²) in [6, 6.07) is 5.57. The Hall–Kier alpha value is -1.02. The fourth-order valence-corrected chi connectivity index (χ4v) is 2.81. The molecule has 0 unspecified atom stereocenters. The number of benzene rings is 1. The maximum absolute atomic E-state index is 10.8. The first kappa shape index (κ1) is 12.4. The zero-order valence-corrected chi connectivity index (χ0v) is 10.8. The molecule has 0 N–H and O–H groups in total. The van der Waals surface area contributed by atoms with Gasteiger partial charge in [-0.25, -0.2) is 0 Å². The smallest absolute Gasteiger partial charge is 0.308 e. The molecule has 0 atom stereocenters. The first-order valence-electron chi connectivity index (χ1n) is 6.14. The highest BCUT2D eigenvalue weighted by atomic mass is 35.5. The number of esters is 1. The lowest BCUT2D eigenvalue weighted by Crippen LogP contribution is -2.06. The molecule has 17 heavy (non-hydrogen) atoms. The van der Waals surface area contributed by atoms with Crippen molar-refractivity contribution in [3.63, 3.8) is 0 Å².